The van der Waals surface area contributed by atoms with Crippen LogP contribution < -0.4 is 5.32 Å². The van der Waals surface area contributed by atoms with Gasteiger partial charge in [0.1, 0.15) is 0 Å². The second kappa shape index (κ2) is 5.41. The van der Waals surface area contributed by atoms with Crippen LogP contribution in [0.3, 0.4) is 0 Å². The molecule has 0 bridgehead atoms. The van der Waals surface area contributed by atoms with Crippen LogP contribution in [0.4, 0.5) is 0 Å². The third-order valence-corrected chi connectivity index (χ3v) is 4.93. The lowest BCUT2D eigenvalue weighted by molar-refractivity contribution is -0.142. The summed E-state index contributed by atoms with van der Waals surface area (Å²) in [5.41, 5.74) is -0.180. The molecule has 0 aromatic carbocycles. The first kappa shape index (κ1) is 14.8. The minimum absolute atomic E-state index is 0.0833. The van der Waals surface area contributed by atoms with Crippen LogP contribution in [0, 0.1) is 0 Å². The Hall–Kier alpha value is -0.610. The fourth-order valence-corrected chi connectivity index (χ4v) is 3.45. The summed E-state index contributed by atoms with van der Waals surface area (Å²) in [6.07, 6.45) is 4.17. The maximum absolute atomic E-state index is 13.0. The predicted molar refractivity (Wildman–Crippen MR) is 78.2 cm³/mol. The highest BCUT2D eigenvalue weighted by atomic mass is 16.2. The van der Waals surface area contributed by atoms with E-state index in [2.05, 4.69) is 42.9 Å². The third kappa shape index (κ3) is 2.79. The number of carbonyl (C=O) groups excluding carboxylic acids is 1. The average molecular weight is 267 g/mol. The van der Waals surface area contributed by atoms with Gasteiger partial charge in [-0.3, -0.25) is 9.69 Å². The number of nitrogens with one attached hydrogen (secondary N) is 1. The van der Waals surface area contributed by atoms with E-state index in [0.29, 0.717) is 5.91 Å². The van der Waals surface area contributed by atoms with Crippen molar-refractivity contribution in [3.63, 3.8) is 0 Å². The van der Waals surface area contributed by atoms with Gasteiger partial charge in [-0.05, 0) is 46.7 Å². The molecule has 2 heterocycles. The molecule has 110 valence electrons. The molecule has 2 saturated heterocycles. The number of nitrogens with zero attached hydrogens (tertiary/aromatic N) is 2. The number of carbonyl (C=O) groups is 1. The summed E-state index contributed by atoms with van der Waals surface area (Å²) in [6.45, 7) is 10.3. The van der Waals surface area contributed by atoms with E-state index in [-0.39, 0.29) is 11.1 Å². The van der Waals surface area contributed by atoms with E-state index in [9.17, 15) is 4.79 Å². The minimum atomic E-state index is -0.263. The summed E-state index contributed by atoms with van der Waals surface area (Å²) in [5, 5.41) is 3.50. The Bertz CT molecular complexity index is 334. The second-order valence-electron chi connectivity index (χ2n) is 6.82. The van der Waals surface area contributed by atoms with Gasteiger partial charge in [-0.2, -0.15) is 0 Å². The number of piperazine rings is 1. The van der Waals surface area contributed by atoms with Crippen molar-refractivity contribution in [2.24, 2.45) is 0 Å². The molecule has 4 nitrogen and oxygen atoms in total. The van der Waals surface area contributed by atoms with Gasteiger partial charge < -0.3 is 10.2 Å². The van der Waals surface area contributed by atoms with Crippen LogP contribution in [0.25, 0.3) is 0 Å². The van der Waals surface area contributed by atoms with Crippen molar-refractivity contribution in [2.75, 3.05) is 33.2 Å². The van der Waals surface area contributed by atoms with Gasteiger partial charge in [-0.25, -0.2) is 0 Å². The quantitative estimate of drug-likeness (QED) is 0.841. The molecule has 2 fully saturated rings. The van der Waals surface area contributed by atoms with E-state index in [1.165, 1.54) is 0 Å². The molecule has 0 spiro atoms. The number of rotatable bonds is 3. The molecule has 1 N–H and O–H groups in total. The van der Waals surface area contributed by atoms with Crippen LogP contribution in [-0.4, -0.2) is 60.0 Å². The van der Waals surface area contributed by atoms with Crippen molar-refractivity contribution in [1.82, 2.24) is 15.1 Å². The minimum Gasteiger partial charge on any atom is -0.338 e. The molecule has 0 aromatic rings. The standard InChI is InChI=1S/C15H29N3O/c1-5-7-15(8-6-9-16-15)13(19)18-11-10-17(4)14(2,3)12-18/h16H,5-12H2,1-4H3. The summed E-state index contributed by atoms with van der Waals surface area (Å²) < 4.78 is 0. The molecular weight excluding hydrogens is 238 g/mol. The van der Waals surface area contributed by atoms with Gasteiger partial charge in [0, 0.05) is 25.2 Å². The van der Waals surface area contributed by atoms with Gasteiger partial charge in [-0.1, -0.05) is 13.3 Å². The van der Waals surface area contributed by atoms with E-state index in [1.807, 2.05) is 0 Å². The SMILES string of the molecule is CCCC1(C(=O)N2CCN(C)C(C)(C)C2)CCCN1. The van der Waals surface area contributed by atoms with Crippen LogP contribution in [0.1, 0.15) is 46.5 Å². The third-order valence-electron chi connectivity index (χ3n) is 4.93. The summed E-state index contributed by atoms with van der Waals surface area (Å²) in [7, 11) is 2.15. The number of amides is 1. The molecule has 0 aromatic heterocycles. The highest BCUT2D eigenvalue weighted by Crippen LogP contribution is 2.29. The highest BCUT2D eigenvalue weighted by Gasteiger charge is 2.45. The number of hydrogen-bond donors (Lipinski definition) is 1. The molecule has 2 aliphatic rings. The molecular formula is C15H29N3O. The van der Waals surface area contributed by atoms with Gasteiger partial charge >= 0.3 is 0 Å². The summed E-state index contributed by atoms with van der Waals surface area (Å²) in [4.78, 5) is 17.4. The largest absolute Gasteiger partial charge is 0.338 e. The molecule has 1 amide bonds. The lowest BCUT2D eigenvalue weighted by atomic mass is 9.88. The molecule has 2 rings (SSSR count). The first-order valence-electron chi connectivity index (χ1n) is 7.67. The lowest BCUT2D eigenvalue weighted by Crippen LogP contribution is -2.64. The van der Waals surface area contributed by atoms with Gasteiger partial charge in [-0.15, -0.1) is 0 Å². The Kier molecular flexibility index (Phi) is 4.21. The van der Waals surface area contributed by atoms with Crippen molar-refractivity contribution in [3.05, 3.63) is 0 Å². The highest BCUT2D eigenvalue weighted by molar-refractivity contribution is 5.87. The monoisotopic (exact) mass is 267 g/mol. The fourth-order valence-electron chi connectivity index (χ4n) is 3.45. The van der Waals surface area contributed by atoms with Gasteiger partial charge in [0.05, 0.1) is 5.54 Å². The maximum Gasteiger partial charge on any atom is 0.242 e. The van der Waals surface area contributed by atoms with Crippen molar-refractivity contribution in [2.45, 2.75) is 57.5 Å². The molecule has 19 heavy (non-hydrogen) atoms. The Morgan fingerprint density at radius 3 is 2.58 bits per heavy atom. The van der Waals surface area contributed by atoms with E-state index in [4.69, 9.17) is 0 Å². The molecule has 0 aliphatic carbocycles. The predicted octanol–water partition coefficient (Wildman–Crippen LogP) is 1.46. The number of likely N-dealkylation sites (N-methyl/N-ethyl adjacent to an activating group) is 1. The van der Waals surface area contributed by atoms with Crippen molar-refractivity contribution in [3.8, 4) is 0 Å². The molecule has 2 aliphatic heterocycles. The van der Waals surface area contributed by atoms with Crippen LogP contribution in [0.5, 0.6) is 0 Å². The summed E-state index contributed by atoms with van der Waals surface area (Å²) in [6, 6.07) is 0. The van der Waals surface area contributed by atoms with Crippen molar-refractivity contribution >= 4 is 5.91 Å². The van der Waals surface area contributed by atoms with E-state index in [1.54, 1.807) is 0 Å². The van der Waals surface area contributed by atoms with Crippen molar-refractivity contribution < 1.29 is 4.79 Å². The topological polar surface area (TPSA) is 35.6 Å². The Morgan fingerprint density at radius 2 is 2.05 bits per heavy atom. The van der Waals surface area contributed by atoms with Crippen LogP contribution in [0.2, 0.25) is 0 Å². The smallest absolute Gasteiger partial charge is 0.242 e. The van der Waals surface area contributed by atoms with Crippen LogP contribution in [0.15, 0.2) is 0 Å². The summed E-state index contributed by atoms with van der Waals surface area (Å²) in [5.74, 6) is 0.341. The Morgan fingerprint density at radius 1 is 1.32 bits per heavy atom. The van der Waals surface area contributed by atoms with Gasteiger partial charge in [0.2, 0.25) is 5.91 Å². The van der Waals surface area contributed by atoms with Crippen LogP contribution >= 0.6 is 0 Å². The molecule has 0 radical (unpaired) electrons. The zero-order valence-electron chi connectivity index (χ0n) is 13.0. The second-order valence-corrected chi connectivity index (χ2v) is 6.82. The maximum atomic E-state index is 13.0. The van der Waals surface area contributed by atoms with E-state index >= 15 is 0 Å². The lowest BCUT2D eigenvalue weighted by Gasteiger charge is -2.47. The average Bonchev–Trinajstić information content (AvgIpc) is 2.82. The van der Waals surface area contributed by atoms with Gasteiger partial charge in [0.15, 0.2) is 0 Å². The summed E-state index contributed by atoms with van der Waals surface area (Å²) >= 11 is 0. The number of hydrogen-bond acceptors (Lipinski definition) is 3. The molecule has 1 atom stereocenters. The zero-order valence-corrected chi connectivity index (χ0v) is 13.0. The molecule has 4 heteroatoms. The zero-order chi connectivity index (χ0) is 14.1. The van der Waals surface area contributed by atoms with E-state index in [0.717, 1.165) is 51.9 Å². The molecule has 0 saturated carbocycles. The van der Waals surface area contributed by atoms with Crippen LogP contribution in [-0.2, 0) is 4.79 Å². The first-order valence-corrected chi connectivity index (χ1v) is 7.67. The fraction of sp³-hybridized carbons (Fsp3) is 0.933. The van der Waals surface area contributed by atoms with Gasteiger partial charge in [0.25, 0.3) is 0 Å². The van der Waals surface area contributed by atoms with Crippen molar-refractivity contribution in [1.29, 1.82) is 0 Å². The first-order chi connectivity index (χ1) is 8.91. The Labute approximate surface area is 117 Å². The van der Waals surface area contributed by atoms with E-state index < -0.39 is 0 Å². The molecule has 1 unspecified atom stereocenters. The Balaban J connectivity index is 2.10. The normalized spacial score (nSPS) is 31.7.